The van der Waals surface area contributed by atoms with Gasteiger partial charge in [-0.1, -0.05) is 17.2 Å². The third-order valence-corrected chi connectivity index (χ3v) is 2.95. The van der Waals surface area contributed by atoms with E-state index in [4.69, 9.17) is 15.7 Å². The maximum Gasteiger partial charge on any atom is 0.142 e. The summed E-state index contributed by atoms with van der Waals surface area (Å²) in [7, 11) is 1.58. The lowest BCUT2D eigenvalue weighted by Gasteiger charge is -2.08. The molecule has 17 heavy (non-hydrogen) atoms. The molecule has 0 bridgehead atoms. The molecule has 0 saturated heterocycles. The molecule has 90 valence electrons. The fraction of sp³-hybridized carbons (Fsp3) is 0.0909. The number of benzene rings is 2. The van der Waals surface area contributed by atoms with E-state index < -0.39 is 0 Å². The molecule has 0 atom stereocenters. The Bertz CT molecular complexity index is 532. The Labute approximate surface area is 102 Å². The highest BCUT2D eigenvalue weighted by Gasteiger charge is 2.06. The number of methoxy groups -OCH3 is 1. The van der Waals surface area contributed by atoms with E-state index >= 15 is 0 Å². The Morgan fingerprint density at radius 1 is 1.24 bits per heavy atom. The van der Waals surface area contributed by atoms with Gasteiger partial charge in [-0.05, 0) is 23.6 Å². The van der Waals surface area contributed by atoms with Crippen LogP contribution in [-0.4, -0.2) is 12.4 Å². The fourth-order valence-corrected chi connectivity index (χ4v) is 2.00. The van der Waals surface area contributed by atoms with Crippen LogP contribution in [0.2, 0.25) is 0 Å². The molecule has 2 aromatic carbocycles. The van der Waals surface area contributed by atoms with Crippen LogP contribution in [0.15, 0.2) is 35.2 Å². The molecule has 0 heterocycles. The van der Waals surface area contributed by atoms with E-state index in [0.29, 0.717) is 11.4 Å². The predicted molar refractivity (Wildman–Crippen MR) is 65.6 cm³/mol. The molecule has 0 fully saturated rings. The van der Waals surface area contributed by atoms with Gasteiger partial charge in [0.1, 0.15) is 5.75 Å². The molecule has 2 aromatic rings. The van der Waals surface area contributed by atoms with Gasteiger partial charge in [-0.2, -0.15) is 0 Å². The molecule has 0 radical (unpaired) electrons. The lowest BCUT2D eigenvalue weighted by atomic mass is 10.1. The van der Waals surface area contributed by atoms with Crippen molar-refractivity contribution in [2.24, 2.45) is 0 Å². The molecule has 6 heteroatoms. The first-order valence-electron chi connectivity index (χ1n) is 4.77. The summed E-state index contributed by atoms with van der Waals surface area (Å²) in [6.07, 6.45) is 0. The highest BCUT2D eigenvalue weighted by Crippen LogP contribution is 2.32. The van der Waals surface area contributed by atoms with Gasteiger partial charge in [0.05, 0.1) is 24.8 Å². The van der Waals surface area contributed by atoms with Gasteiger partial charge in [-0.25, -0.2) is 5.26 Å². The van der Waals surface area contributed by atoms with Gasteiger partial charge in [0.25, 0.3) is 0 Å². The largest absolute Gasteiger partial charge is 0.495 e. The minimum absolute atomic E-state index is 0.598. The summed E-state index contributed by atoms with van der Waals surface area (Å²) >= 11 is 0.907. The number of anilines is 1. The standard InChI is InChI=1S/C11H11NO4S/c1-14-10-5-2-7-6-8(17-16-15-13)3-4-9(7)11(10)12/h2-6,13H,12H2,1H3. The average molecular weight is 253 g/mol. The molecule has 0 saturated carbocycles. The smallest absolute Gasteiger partial charge is 0.142 e. The number of nitrogen functional groups attached to an aromatic ring is 1. The summed E-state index contributed by atoms with van der Waals surface area (Å²) in [4.78, 5) is 0.788. The maximum absolute atomic E-state index is 8.07. The third kappa shape index (κ3) is 2.45. The quantitative estimate of drug-likeness (QED) is 0.378. The van der Waals surface area contributed by atoms with Gasteiger partial charge >= 0.3 is 0 Å². The van der Waals surface area contributed by atoms with Gasteiger partial charge in [0.15, 0.2) is 0 Å². The third-order valence-electron chi connectivity index (χ3n) is 2.37. The zero-order valence-electron chi connectivity index (χ0n) is 9.04. The van der Waals surface area contributed by atoms with Crippen molar-refractivity contribution in [1.29, 1.82) is 0 Å². The lowest BCUT2D eigenvalue weighted by Crippen LogP contribution is -1.93. The van der Waals surface area contributed by atoms with Crippen molar-refractivity contribution >= 4 is 28.5 Å². The number of rotatable bonds is 4. The highest BCUT2D eigenvalue weighted by molar-refractivity contribution is 7.94. The summed E-state index contributed by atoms with van der Waals surface area (Å²) in [5.74, 6) is 0.646. The predicted octanol–water partition coefficient (Wildman–Crippen LogP) is 2.86. The Kier molecular flexibility index (Phi) is 3.70. The SMILES string of the molecule is COc1ccc2cc(SOOO)ccc2c1N. The minimum Gasteiger partial charge on any atom is -0.495 e. The van der Waals surface area contributed by atoms with Crippen LogP contribution in [0.4, 0.5) is 5.69 Å². The van der Waals surface area contributed by atoms with E-state index in [9.17, 15) is 0 Å². The molecule has 0 aliphatic carbocycles. The van der Waals surface area contributed by atoms with E-state index in [0.717, 1.165) is 27.7 Å². The molecule has 0 amide bonds. The van der Waals surface area contributed by atoms with Crippen molar-refractivity contribution in [3.63, 3.8) is 0 Å². The molecule has 0 unspecified atom stereocenters. The fourth-order valence-electron chi connectivity index (χ4n) is 1.60. The summed E-state index contributed by atoms with van der Waals surface area (Å²) in [5, 5.41) is 13.5. The molecular weight excluding hydrogens is 242 g/mol. The van der Waals surface area contributed by atoms with Gasteiger partial charge < -0.3 is 10.5 Å². The van der Waals surface area contributed by atoms with Crippen LogP contribution in [0.3, 0.4) is 0 Å². The average Bonchev–Trinajstić information content (AvgIpc) is 2.37. The number of hydrogen-bond donors (Lipinski definition) is 2. The van der Waals surface area contributed by atoms with Crippen molar-refractivity contribution in [3.8, 4) is 5.75 Å². The van der Waals surface area contributed by atoms with Crippen molar-refractivity contribution in [1.82, 2.24) is 0 Å². The highest BCUT2D eigenvalue weighted by atomic mass is 32.2. The van der Waals surface area contributed by atoms with Crippen molar-refractivity contribution in [2.45, 2.75) is 4.90 Å². The monoisotopic (exact) mass is 253 g/mol. The van der Waals surface area contributed by atoms with E-state index in [1.165, 1.54) is 0 Å². The van der Waals surface area contributed by atoms with Crippen LogP contribution in [0.1, 0.15) is 0 Å². The summed E-state index contributed by atoms with van der Waals surface area (Å²) < 4.78 is 9.50. The van der Waals surface area contributed by atoms with E-state index in [2.05, 4.69) is 9.37 Å². The lowest BCUT2D eigenvalue weighted by molar-refractivity contribution is -0.432. The molecule has 0 aliphatic rings. The number of ether oxygens (including phenoxy) is 1. The second-order valence-corrected chi connectivity index (χ2v) is 4.06. The molecule has 3 N–H and O–H groups in total. The van der Waals surface area contributed by atoms with Crippen LogP contribution in [0.5, 0.6) is 5.75 Å². The zero-order chi connectivity index (χ0) is 12.3. The zero-order valence-corrected chi connectivity index (χ0v) is 9.86. The van der Waals surface area contributed by atoms with Crippen LogP contribution in [0.25, 0.3) is 10.8 Å². The normalized spacial score (nSPS) is 10.7. The minimum atomic E-state index is 0.598. The van der Waals surface area contributed by atoms with Gasteiger partial charge in [-0.15, -0.1) is 4.33 Å². The van der Waals surface area contributed by atoms with E-state index in [1.807, 2.05) is 24.3 Å². The van der Waals surface area contributed by atoms with Crippen molar-refractivity contribution in [3.05, 3.63) is 30.3 Å². The topological polar surface area (TPSA) is 73.9 Å². The number of nitrogens with two attached hydrogens (primary N) is 1. The molecule has 0 aromatic heterocycles. The first kappa shape index (κ1) is 12.0. The summed E-state index contributed by atoms with van der Waals surface area (Å²) in [5.41, 5.74) is 6.55. The van der Waals surface area contributed by atoms with Crippen molar-refractivity contribution < 1.29 is 19.4 Å². The Hall–Kier alpha value is -1.47. The Morgan fingerprint density at radius 2 is 2.06 bits per heavy atom. The molecule has 2 rings (SSSR count). The van der Waals surface area contributed by atoms with Crippen LogP contribution in [0, 0.1) is 0 Å². The summed E-state index contributed by atoms with van der Waals surface area (Å²) in [6, 6.07) is 9.23. The number of fused-ring (bicyclic) bond motifs is 1. The second kappa shape index (κ2) is 5.24. The van der Waals surface area contributed by atoms with Gasteiger partial charge in [0.2, 0.25) is 0 Å². The summed E-state index contributed by atoms with van der Waals surface area (Å²) in [6.45, 7) is 0. The Balaban J connectivity index is 2.42. The maximum atomic E-state index is 8.07. The number of hydrogen-bond acceptors (Lipinski definition) is 6. The second-order valence-electron chi connectivity index (χ2n) is 3.29. The molecule has 0 aliphatic heterocycles. The molecular formula is C11H11NO4S. The van der Waals surface area contributed by atoms with E-state index in [1.54, 1.807) is 13.2 Å². The van der Waals surface area contributed by atoms with Crippen LogP contribution in [-0.2, 0) is 9.37 Å². The van der Waals surface area contributed by atoms with Crippen molar-refractivity contribution in [2.75, 3.05) is 12.8 Å². The molecule has 0 spiro atoms. The van der Waals surface area contributed by atoms with E-state index in [-0.39, 0.29) is 0 Å². The van der Waals surface area contributed by atoms with Crippen LogP contribution < -0.4 is 10.5 Å². The first-order chi connectivity index (χ1) is 8.26. The van der Waals surface area contributed by atoms with Gasteiger partial charge in [-0.3, -0.25) is 0 Å². The van der Waals surface area contributed by atoms with Crippen LogP contribution >= 0.6 is 12.0 Å². The molecule has 5 nitrogen and oxygen atoms in total. The van der Waals surface area contributed by atoms with Gasteiger partial charge in [0, 0.05) is 10.3 Å². The first-order valence-corrected chi connectivity index (χ1v) is 5.51. The Morgan fingerprint density at radius 3 is 2.76 bits per heavy atom.